The van der Waals surface area contributed by atoms with E-state index in [2.05, 4.69) is 10.6 Å². The molecule has 2 aromatic carbocycles. The van der Waals surface area contributed by atoms with Gasteiger partial charge in [-0.3, -0.25) is 9.59 Å². The maximum atomic E-state index is 12.4. The summed E-state index contributed by atoms with van der Waals surface area (Å²) in [6, 6.07) is 14.5. The fraction of sp³-hybridized carbons (Fsp3) is 0.364. The zero-order chi connectivity index (χ0) is 20.6. The number of ether oxygens (including phenoxy) is 2. The minimum absolute atomic E-state index is 0.00844. The van der Waals surface area contributed by atoms with E-state index in [0.29, 0.717) is 12.1 Å². The number of methoxy groups -OCH3 is 2. The van der Waals surface area contributed by atoms with E-state index in [1.165, 1.54) is 4.90 Å². The van der Waals surface area contributed by atoms with Gasteiger partial charge in [0.05, 0.1) is 27.3 Å². The molecule has 29 heavy (non-hydrogen) atoms. The molecule has 0 saturated carbocycles. The van der Waals surface area contributed by atoms with E-state index in [1.54, 1.807) is 38.5 Å². The van der Waals surface area contributed by atoms with Gasteiger partial charge in [-0.05, 0) is 48.5 Å². The quantitative estimate of drug-likeness (QED) is 0.653. The van der Waals surface area contributed by atoms with Gasteiger partial charge < -0.3 is 25.0 Å². The molecule has 3 rings (SSSR count). The molecule has 1 heterocycles. The third-order valence-corrected chi connectivity index (χ3v) is 5.16. The molecule has 1 aliphatic heterocycles. The van der Waals surface area contributed by atoms with Crippen molar-refractivity contribution >= 4 is 17.5 Å². The summed E-state index contributed by atoms with van der Waals surface area (Å²) in [5, 5.41) is 6.01. The van der Waals surface area contributed by atoms with E-state index in [9.17, 15) is 9.59 Å². The van der Waals surface area contributed by atoms with Gasteiger partial charge in [-0.1, -0.05) is 0 Å². The fourth-order valence-electron chi connectivity index (χ4n) is 3.46. The van der Waals surface area contributed by atoms with Crippen molar-refractivity contribution in [3.8, 4) is 11.5 Å². The summed E-state index contributed by atoms with van der Waals surface area (Å²) < 4.78 is 10.2. The first-order valence-electron chi connectivity index (χ1n) is 9.80. The van der Waals surface area contributed by atoms with Crippen LogP contribution in [0.25, 0.3) is 0 Å². The van der Waals surface area contributed by atoms with Gasteiger partial charge in [0.2, 0.25) is 0 Å². The zero-order valence-electron chi connectivity index (χ0n) is 16.9. The molecule has 0 unspecified atom stereocenters. The Morgan fingerprint density at radius 2 is 1.48 bits per heavy atom. The number of nitrogens with one attached hydrogen (secondary N) is 3. The highest BCUT2D eigenvalue weighted by molar-refractivity contribution is 5.94. The Morgan fingerprint density at radius 1 is 0.931 bits per heavy atom. The molecule has 1 saturated heterocycles. The van der Waals surface area contributed by atoms with Crippen molar-refractivity contribution in [3.63, 3.8) is 0 Å². The fourth-order valence-corrected chi connectivity index (χ4v) is 3.46. The summed E-state index contributed by atoms with van der Waals surface area (Å²) in [6.45, 7) is 2.12. The number of carbonyl (C=O) groups excluding carboxylic acids is 2. The second-order valence-corrected chi connectivity index (χ2v) is 7.18. The molecular weight excluding hydrogens is 370 g/mol. The van der Waals surface area contributed by atoms with Crippen LogP contribution in [0.1, 0.15) is 23.2 Å². The lowest BCUT2D eigenvalue weighted by atomic mass is 10.0. The lowest BCUT2D eigenvalue weighted by Gasteiger charge is -2.29. The second-order valence-electron chi connectivity index (χ2n) is 7.18. The van der Waals surface area contributed by atoms with Crippen molar-refractivity contribution in [1.29, 1.82) is 0 Å². The molecule has 0 spiro atoms. The first-order chi connectivity index (χ1) is 14.1. The summed E-state index contributed by atoms with van der Waals surface area (Å²) in [5.41, 5.74) is 1.39. The predicted octanol–water partition coefficient (Wildman–Crippen LogP) is 1.12. The molecule has 2 amide bonds. The molecule has 1 aliphatic rings. The monoisotopic (exact) mass is 398 g/mol. The number of amides is 2. The molecule has 0 bridgehead atoms. The van der Waals surface area contributed by atoms with Crippen LogP contribution in [0, 0.1) is 0 Å². The van der Waals surface area contributed by atoms with Crippen LogP contribution >= 0.6 is 0 Å². The summed E-state index contributed by atoms with van der Waals surface area (Å²) in [7, 11) is 3.21. The average Bonchev–Trinajstić information content (AvgIpc) is 2.75. The van der Waals surface area contributed by atoms with Crippen molar-refractivity contribution in [2.45, 2.75) is 18.9 Å². The number of benzene rings is 2. The van der Waals surface area contributed by atoms with Crippen LogP contribution < -0.4 is 25.0 Å². The minimum atomic E-state index is -0.0710. The van der Waals surface area contributed by atoms with Crippen molar-refractivity contribution < 1.29 is 24.0 Å². The standard InChI is InChI=1S/C22H27N3O4/c1-28-19-7-3-16(4-8-19)22(27)24-18-11-13-25(14-12-18)15-21(26)23-17-5-9-20(29-2)10-6-17/h3-10,18H,11-15H2,1-2H3,(H,23,26)(H,24,27)/p+1. The van der Waals surface area contributed by atoms with Crippen molar-refractivity contribution in [2.24, 2.45) is 0 Å². The largest absolute Gasteiger partial charge is 0.497 e. The molecular formula is C22H28N3O4+. The van der Waals surface area contributed by atoms with Crippen LogP contribution in [0.2, 0.25) is 0 Å². The molecule has 0 aliphatic carbocycles. The number of quaternary nitrogens is 1. The predicted molar refractivity (Wildman–Crippen MR) is 111 cm³/mol. The van der Waals surface area contributed by atoms with Crippen molar-refractivity contribution in [3.05, 3.63) is 54.1 Å². The summed E-state index contributed by atoms with van der Waals surface area (Å²) in [6.07, 6.45) is 1.71. The highest BCUT2D eigenvalue weighted by atomic mass is 16.5. The van der Waals surface area contributed by atoms with E-state index in [0.717, 1.165) is 43.1 Å². The maximum Gasteiger partial charge on any atom is 0.279 e. The average molecular weight is 398 g/mol. The Kier molecular flexibility index (Phi) is 7.08. The Morgan fingerprint density at radius 3 is 2.03 bits per heavy atom. The van der Waals surface area contributed by atoms with Gasteiger partial charge in [-0.15, -0.1) is 0 Å². The minimum Gasteiger partial charge on any atom is -0.497 e. The zero-order valence-corrected chi connectivity index (χ0v) is 16.9. The van der Waals surface area contributed by atoms with Gasteiger partial charge in [0.1, 0.15) is 11.5 Å². The van der Waals surface area contributed by atoms with E-state index in [-0.39, 0.29) is 17.9 Å². The first-order valence-corrected chi connectivity index (χ1v) is 9.80. The topological polar surface area (TPSA) is 81.1 Å². The normalized spacial score (nSPS) is 18.6. The first kappa shape index (κ1) is 20.7. The van der Waals surface area contributed by atoms with Crippen LogP contribution in [0.15, 0.2) is 48.5 Å². The van der Waals surface area contributed by atoms with Crippen LogP contribution in [0.5, 0.6) is 11.5 Å². The third kappa shape index (κ3) is 5.96. The highest BCUT2D eigenvalue weighted by Crippen LogP contribution is 2.15. The van der Waals surface area contributed by atoms with Gasteiger partial charge in [0.15, 0.2) is 6.54 Å². The molecule has 0 aromatic heterocycles. The number of carbonyl (C=O) groups is 2. The maximum absolute atomic E-state index is 12.4. The Hall–Kier alpha value is -3.06. The summed E-state index contributed by atoms with van der Waals surface area (Å²) in [4.78, 5) is 25.9. The smallest absolute Gasteiger partial charge is 0.279 e. The number of hydrogen-bond donors (Lipinski definition) is 3. The third-order valence-electron chi connectivity index (χ3n) is 5.16. The van der Waals surface area contributed by atoms with Crippen LogP contribution in [-0.2, 0) is 4.79 Å². The lowest BCUT2D eigenvalue weighted by Crippen LogP contribution is -3.14. The molecule has 154 valence electrons. The Labute approximate surface area is 171 Å². The lowest BCUT2D eigenvalue weighted by molar-refractivity contribution is -0.897. The van der Waals surface area contributed by atoms with Crippen LogP contribution in [0.3, 0.4) is 0 Å². The van der Waals surface area contributed by atoms with Gasteiger partial charge in [0, 0.05) is 30.1 Å². The molecule has 7 heteroatoms. The highest BCUT2D eigenvalue weighted by Gasteiger charge is 2.25. The van der Waals surface area contributed by atoms with Gasteiger partial charge in [0.25, 0.3) is 11.8 Å². The number of piperidine rings is 1. The summed E-state index contributed by atoms with van der Waals surface area (Å²) in [5.74, 6) is 1.41. The second kappa shape index (κ2) is 9.93. The number of likely N-dealkylation sites (tertiary alicyclic amines) is 1. The van der Waals surface area contributed by atoms with Gasteiger partial charge in [-0.25, -0.2) is 0 Å². The number of anilines is 1. The van der Waals surface area contributed by atoms with Crippen molar-refractivity contribution in [2.75, 3.05) is 39.2 Å². The van der Waals surface area contributed by atoms with E-state index >= 15 is 0 Å². The Bertz CT molecular complexity index is 813. The molecule has 2 aromatic rings. The molecule has 0 atom stereocenters. The van der Waals surface area contributed by atoms with E-state index in [1.807, 2.05) is 24.3 Å². The summed E-state index contributed by atoms with van der Waals surface area (Å²) >= 11 is 0. The van der Waals surface area contributed by atoms with Gasteiger partial charge >= 0.3 is 0 Å². The van der Waals surface area contributed by atoms with Crippen molar-refractivity contribution in [1.82, 2.24) is 5.32 Å². The number of hydrogen-bond acceptors (Lipinski definition) is 4. The Balaban J connectivity index is 1.41. The SMILES string of the molecule is COc1ccc(NC(=O)C[NH+]2CCC(NC(=O)c3ccc(OC)cc3)CC2)cc1. The van der Waals surface area contributed by atoms with E-state index < -0.39 is 0 Å². The van der Waals surface area contributed by atoms with E-state index in [4.69, 9.17) is 9.47 Å². The molecule has 3 N–H and O–H groups in total. The van der Waals surface area contributed by atoms with Crippen LogP contribution in [0.4, 0.5) is 5.69 Å². The molecule has 7 nitrogen and oxygen atoms in total. The van der Waals surface area contributed by atoms with Gasteiger partial charge in [-0.2, -0.15) is 0 Å². The van der Waals surface area contributed by atoms with Crippen LogP contribution in [-0.4, -0.2) is 51.7 Å². The molecule has 0 radical (unpaired) electrons. The molecule has 1 fully saturated rings. The number of rotatable bonds is 7.